The fourth-order valence-electron chi connectivity index (χ4n) is 16.4. The number of imidazole rings is 1. The summed E-state index contributed by atoms with van der Waals surface area (Å²) in [5.74, 6) is 1.57. The fraction of sp³-hybridized carbons (Fsp3) is 0.774. The number of carboxylic acid groups (broad SMARTS) is 1. The number of esters is 1. The van der Waals surface area contributed by atoms with Crippen molar-refractivity contribution >= 4 is 17.8 Å². The van der Waals surface area contributed by atoms with E-state index in [2.05, 4.69) is 51.4 Å². The highest BCUT2D eigenvalue weighted by Crippen LogP contribution is 2.79. The second-order valence-electron chi connectivity index (χ2n) is 24.2. The molecule has 1 amide bonds. The smallest absolute Gasteiger partial charge is 0.309 e. The van der Waals surface area contributed by atoms with Crippen LogP contribution in [0.1, 0.15) is 157 Å². The molecule has 352 valence electrons. The van der Waals surface area contributed by atoms with Crippen LogP contribution in [0.4, 0.5) is 4.39 Å². The first-order valence-electron chi connectivity index (χ1n) is 24.8. The molecular weight excluding hydrogens is 810 g/mol. The van der Waals surface area contributed by atoms with Gasteiger partial charge in [0.1, 0.15) is 17.7 Å². The van der Waals surface area contributed by atoms with Gasteiger partial charge < -0.3 is 29.2 Å². The van der Waals surface area contributed by atoms with Gasteiger partial charge in [-0.2, -0.15) is 0 Å². The second-order valence-corrected chi connectivity index (χ2v) is 24.2. The molecule has 1 aromatic heterocycles. The first-order valence-corrected chi connectivity index (χ1v) is 24.8. The number of aromatic nitrogens is 2. The average molecular weight is 886 g/mol. The Morgan fingerprint density at radius 2 is 1.59 bits per heavy atom. The number of aliphatic carboxylic acids is 1. The normalized spacial score (nSPS) is 39.6. The summed E-state index contributed by atoms with van der Waals surface area (Å²) >= 11 is 0. The SMILES string of the molecule is COCCO[C@@H]1C[C@@H](c2ncc(-c3ccc(F)cc3)[nH]2)N(C(=O)[C@]23CC[C@@H](C4(C)CC4)[C@@H]2[C@H]2CC[C@@H]4[C@@]5(C)CC[C@H](OC(=O)CC(C)(C)C(=O)O)C(C)(C)[C@@H]5CC[C@@]4(C)[C@]2(C)CC3)C1. The first kappa shape index (κ1) is 45.8. The maximum atomic E-state index is 16.0. The summed E-state index contributed by atoms with van der Waals surface area (Å²) in [6.45, 7) is 19.6. The van der Waals surface area contributed by atoms with Crippen LogP contribution in [0.15, 0.2) is 30.5 Å². The number of aromatic amines is 1. The predicted molar refractivity (Wildman–Crippen MR) is 242 cm³/mol. The Kier molecular flexibility index (Phi) is 11.4. The van der Waals surface area contributed by atoms with Crippen molar-refractivity contribution in [2.75, 3.05) is 26.9 Å². The van der Waals surface area contributed by atoms with Gasteiger partial charge in [-0.1, -0.05) is 41.5 Å². The third-order valence-electron chi connectivity index (χ3n) is 20.4. The van der Waals surface area contributed by atoms with E-state index in [9.17, 15) is 19.1 Å². The van der Waals surface area contributed by atoms with Gasteiger partial charge in [0.15, 0.2) is 0 Å². The lowest BCUT2D eigenvalue weighted by Gasteiger charge is -2.73. The quantitative estimate of drug-likeness (QED) is 0.159. The molecule has 2 N–H and O–H groups in total. The molecule has 1 aromatic carbocycles. The molecule has 0 bridgehead atoms. The molecule has 6 aliphatic carbocycles. The molecule has 7 fully saturated rings. The van der Waals surface area contributed by atoms with E-state index in [1.54, 1.807) is 33.1 Å². The van der Waals surface area contributed by atoms with E-state index in [0.29, 0.717) is 61.7 Å². The van der Waals surface area contributed by atoms with Crippen LogP contribution in [-0.4, -0.2) is 76.9 Å². The van der Waals surface area contributed by atoms with Crippen molar-refractivity contribution in [1.29, 1.82) is 0 Å². The zero-order valence-electron chi connectivity index (χ0n) is 40.2. The Bertz CT molecular complexity index is 2110. The van der Waals surface area contributed by atoms with Crippen molar-refractivity contribution in [2.24, 2.45) is 67.5 Å². The highest BCUT2D eigenvalue weighted by molar-refractivity contribution is 5.85. The van der Waals surface area contributed by atoms with Gasteiger partial charge in [0.25, 0.3) is 0 Å². The van der Waals surface area contributed by atoms with Gasteiger partial charge in [-0.15, -0.1) is 0 Å². The lowest BCUT2D eigenvalue weighted by atomic mass is 9.32. The number of hydrogen-bond donors (Lipinski definition) is 2. The Hall–Kier alpha value is -3.31. The molecule has 0 unspecified atom stereocenters. The number of amides is 1. The number of rotatable bonds is 12. The number of carbonyl (C=O) groups excluding carboxylic acids is 2. The molecule has 9 rings (SSSR count). The first-order chi connectivity index (χ1) is 30.1. The van der Waals surface area contributed by atoms with Crippen molar-refractivity contribution in [1.82, 2.24) is 14.9 Å². The molecule has 0 spiro atoms. The minimum Gasteiger partial charge on any atom is -0.481 e. The minimum atomic E-state index is -1.17. The van der Waals surface area contributed by atoms with Crippen LogP contribution in [0.2, 0.25) is 0 Å². The van der Waals surface area contributed by atoms with E-state index in [-0.39, 0.29) is 57.6 Å². The maximum Gasteiger partial charge on any atom is 0.309 e. The van der Waals surface area contributed by atoms with Crippen LogP contribution < -0.4 is 0 Å². The largest absolute Gasteiger partial charge is 0.481 e. The lowest BCUT2D eigenvalue weighted by Crippen LogP contribution is -2.67. The van der Waals surface area contributed by atoms with Gasteiger partial charge in [0.05, 0.1) is 54.5 Å². The third-order valence-corrected chi connectivity index (χ3v) is 20.4. The number of H-pyrrole nitrogens is 1. The topological polar surface area (TPSA) is 131 Å². The van der Waals surface area contributed by atoms with Crippen LogP contribution in [0.25, 0.3) is 11.3 Å². The zero-order valence-corrected chi connectivity index (χ0v) is 40.2. The second kappa shape index (κ2) is 15.9. The van der Waals surface area contributed by atoms with Crippen LogP contribution in [0, 0.1) is 73.3 Å². The number of benzene rings is 1. The van der Waals surface area contributed by atoms with E-state index >= 15 is 4.79 Å². The average Bonchev–Trinajstić information content (AvgIpc) is 3.57. The number of halogens is 1. The van der Waals surface area contributed by atoms with E-state index in [1.165, 1.54) is 25.0 Å². The van der Waals surface area contributed by atoms with E-state index < -0.39 is 22.8 Å². The number of fused-ring (bicyclic) bond motifs is 7. The molecule has 64 heavy (non-hydrogen) atoms. The molecule has 10 nitrogen and oxygen atoms in total. The fourth-order valence-corrected chi connectivity index (χ4v) is 16.4. The predicted octanol–water partition coefficient (Wildman–Crippen LogP) is 10.8. The summed E-state index contributed by atoms with van der Waals surface area (Å²) < 4.78 is 31.9. The van der Waals surface area contributed by atoms with Gasteiger partial charge in [0.2, 0.25) is 5.91 Å². The molecule has 11 heteroatoms. The highest BCUT2D eigenvalue weighted by Gasteiger charge is 2.74. The summed E-state index contributed by atoms with van der Waals surface area (Å²) in [6, 6.07) is 6.21. The van der Waals surface area contributed by atoms with Crippen LogP contribution in [0.5, 0.6) is 0 Å². The summed E-state index contributed by atoms with van der Waals surface area (Å²) in [5.41, 5.74) is 0.346. The minimum absolute atomic E-state index is 0.0728. The molecule has 1 saturated heterocycles. The third kappa shape index (κ3) is 7.11. The van der Waals surface area contributed by atoms with Crippen LogP contribution in [0.3, 0.4) is 0 Å². The molecule has 7 aliphatic rings. The Labute approximate surface area is 380 Å². The van der Waals surface area contributed by atoms with E-state index in [4.69, 9.17) is 19.2 Å². The number of nitrogens with one attached hydrogen (secondary N) is 1. The van der Waals surface area contributed by atoms with E-state index in [0.717, 1.165) is 81.3 Å². The monoisotopic (exact) mass is 886 g/mol. The van der Waals surface area contributed by atoms with Crippen LogP contribution in [-0.2, 0) is 28.6 Å². The Morgan fingerprint density at radius 3 is 2.28 bits per heavy atom. The van der Waals surface area contributed by atoms with Crippen LogP contribution >= 0.6 is 0 Å². The Balaban J connectivity index is 1.01. The van der Waals surface area contributed by atoms with Crippen molar-refractivity contribution in [3.63, 3.8) is 0 Å². The molecule has 6 saturated carbocycles. The van der Waals surface area contributed by atoms with Gasteiger partial charge in [-0.3, -0.25) is 14.4 Å². The van der Waals surface area contributed by atoms with Gasteiger partial charge in [-0.25, -0.2) is 9.37 Å². The summed E-state index contributed by atoms with van der Waals surface area (Å²) in [6.07, 6.45) is 14.7. The number of nitrogens with zero attached hydrogens (tertiary/aromatic N) is 2. The Morgan fingerprint density at radius 1 is 0.859 bits per heavy atom. The van der Waals surface area contributed by atoms with Crippen molar-refractivity contribution in [2.45, 2.75) is 164 Å². The van der Waals surface area contributed by atoms with Gasteiger partial charge in [-0.05, 0) is 172 Å². The van der Waals surface area contributed by atoms with E-state index in [1.807, 2.05) is 6.20 Å². The van der Waals surface area contributed by atoms with Gasteiger partial charge >= 0.3 is 11.9 Å². The summed E-state index contributed by atoms with van der Waals surface area (Å²) in [4.78, 5) is 51.8. The number of carbonyl (C=O) groups is 3. The number of methoxy groups -OCH3 is 1. The number of likely N-dealkylation sites (tertiary alicyclic amines) is 1. The molecule has 0 radical (unpaired) electrons. The zero-order chi connectivity index (χ0) is 45.8. The molecule has 1 aliphatic heterocycles. The number of hydrogen-bond acceptors (Lipinski definition) is 7. The van der Waals surface area contributed by atoms with Crippen molar-refractivity contribution in [3.8, 4) is 11.3 Å². The standard InChI is InChI=1S/C53H76FN3O7/c1-47(2,46(60)61)29-42(58)64-41-18-19-50(6)39(48(41,3)4)17-20-52(8)40(50)15-14-36-43-35(49(5)22-23-49)16-21-53(43,25-24-51(36,52)7)45(59)57-31-34(63-27-26-62-9)28-38(57)44-55-30-37(56-44)32-10-12-33(54)13-11-32/h10-13,30,34-36,38-41,43H,14-29,31H2,1-9H3,(H,55,56)(H,60,61)/t34-,35-,36-,38+,39+,40-,41+,43-,50+,51-,52-,53+/m1/s1. The lowest BCUT2D eigenvalue weighted by molar-refractivity contribution is -0.251. The maximum absolute atomic E-state index is 16.0. The van der Waals surface area contributed by atoms with Crippen molar-refractivity contribution in [3.05, 3.63) is 42.1 Å². The molecule has 12 atom stereocenters. The van der Waals surface area contributed by atoms with Crippen molar-refractivity contribution < 1.29 is 38.1 Å². The van der Waals surface area contributed by atoms with Gasteiger partial charge in [0, 0.05) is 25.5 Å². The molecule has 2 aromatic rings. The highest BCUT2D eigenvalue weighted by atomic mass is 19.1. The number of carboxylic acids is 1. The summed E-state index contributed by atoms with van der Waals surface area (Å²) in [7, 11) is 1.68. The summed E-state index contributed by atoms with van der Waals surface area (Å²) in [5, 5.41) is 9.71. The number of ether oxygens (including phenoxy) is 3. The molecule has 2 heterocycles. The molecular formula is C53H76FN3O7.